The summed E-state index contributed by atoms with van der Waals surface area (Å²) >= 11 is 0. The minimum absolute atomic E-state index is 0.328. The number of rotatable bonds is 4. The topological polar surface area (TPSA) is 101 Å². The van der Waals surface area contributed by atoms with Crippen molar-refractivity contribution < 1.29 is 4.79 Å². The van der Waals surface area contributed by atoms with E-state index in [4.69, 9.17) is 0 Å². The van der Waals surface area contributed by atoms with Crippen molar-refractivity contribution in [2.75, 3.05) is 10.6 Å². The van der Waals surface area contributed by atoms with Gasteiger partial charge in [-0.25, -0.2) is 4.79 Å². The summed E-state index contributed by atoms with van der Waals surface area (Å²) in [5.41, 5.74) is 5.75. The predicted octanol–water partition coefficient (Wildman–Crippen LogP) is 4.97. The number of aromatic amines is 1. The number of hydrogen-bond donors (Lipinski definition) is 3. The van der Waals surface area contributed by atoms with E-state index in [0.29, 0.717) is 11.4 Å². The van der Waals surface area contributed by atoms with Gasteiger partial charge in [-0.1, -0.05) is 6.07 Å². The second-order valence-corrected chi connectivity index (χ2v) is 7.48. The Kier molecular flexibility index (Phi) is 4.87. The second kappa shape index (κ2) is 7.99. The SMILES string of the molecule is Cc1c2ccc(NC(=O)Nc3ccc4c(/C=C/c5ccccn5)n[nH]c4c3)cc2nn1C. The molecule has 2 amide bonds. The number of anilines is 2. The Morgan fingerprint density at radius 2 is 1.78 bits per heavy atom. The van der Waals surface area contributed by atoms with Crippen molar-refractivity contribution in [3.05, 3.63) is 77.9 Å². The summed E-state index contributed by atoms with van der Waals surface area (Å²) in [7, 11) is 1.90. The Morgan fingerprint density at radius 3 is 2.56 bits per heavy atom. The number of H-pyrrole nitrogens is 1. The summed E-state index contributed by atoms with van der Waals surface area (Å²) in [6.45, 7) is 2.01. The lowest BCUT2D eigenvalue weighted by molar-refractivity contribution is 0.262. The standard InChI is InChI=1S/C24H21N7O/c1-15-19-9-6-18(14-23(19)30-31(15)2)27-24(32)26-17-7-10-20-21(28-29-22(20)13-17)11-8-16-5-3-4-12-25-16/h3-14H,1-2H3,(H,28,29)(H2,26,27,32)/b11-8+. The van der Waals surface area contributed by atoms with Crippen LogP contribution in [-0.2, 0) is 7.05 Å². The van der Waals surface area contributed by atoms with Crippen LogP contribution in [0.1, 0.15) is 17.1 Å². The summed E-state index contributed by atoms with van der Waals surface area (Å²) in [6, 6.07) is 16.7. The number of nitrogens with zero attached hydrogens (tertiary/aromatic N) is 4. The van der Waals surface area contributed by atoms with Gasteiger partial charge in [-0.05, 0) is 67.6 Å². The van der Waals surface area contributed by atoms with Gasteiger partial charge in [0, 0.05) is 41.1 Å². The number of hydrogen-bond acceptors (Lipinski definition) is 4. The molecule has 0 spiro atoms. The van der Waals surface area contributed by atoms with Crippen molar-refractivity contribution in [3.63, 3.8) is 0 Å². The number of carbonyl (C=O) groups is 1. The summed E-state index contributed by atoms with van der Waals surface area (Å²) < 4.78 is 1.83. The number of urea groups is 1. The fraction of sp³-hybridized carbons (Fsp3) is 0.0833. The number of aromatic nitrogens is 5. The van der Waals surface area contributed by atoms with Gasteiger partial charge in [-0.15, -0.1) is 0 Å². The molecule has 0 bridgehead atoms. The van der Waals surface area contributed by atoms with E-state index >= 15 is 0 Å². The van der Waals surface area contributed by atoms with Gasteiger partial charge in [-0.2, -0.15) is 10.2 Å². The molecule has 0 fully saturated rings. The summed E-state index contributed by atoms with van der Waals surface area (Å²) in [6.07, 6.45) is 5.58. The number of amides is 2. The Labute approximate surface area is 184 Å². The highest BCUT2D eigenvalue weighted by Gasteiger charge is 2.09. The van der Waals surface area contributed by atoms with Crippen molar-refractivity contribution in [1.29, 1.82) is 0 Å². The quantitative estimate of drug-likeness (QED) is 0.380. The zero-order chi connectivity index (χ0) is 22.1. The summed E-state index contributed by atoms with van der Waals surface area (Å²) in [5.74, 6) is 0. The number of fused-ring (bicyclic) bond motifs is 2. The minimum atomic E-state index is -0.328. The van der Waals surface area contributed by atoms with E-state index in [0.717, 1.165) is 38.9 Å². The van der Waals surface area contributed by atoms with Crippen molar-refractivity contribution in [3.8, 4) is 0 Å². The molecule has 0 aliphatic carbocycles. The third kappa shape index (κ3) is 3.81. The molecular formula is C24H21N7O. The zero-order valence-corrected chi connectivity index (χ0v) is 17.6. The van der Waals surface area contributed by atoms with Crippen LogP contribution in [0.3, 0.4) is 0 Å². The molecule has 158 valence electrons. The minimum Gasteiger partial charge on any atom is -0.308 e. The third-order valence-electron chi connectivity index (χ3n) is 5.34. The molecule has 8 heteroatoms. The van der Waals surface area contributed by atoms with E-state index in [1.54, 1.807) is 6.20 Å². The van der Waals surface area contributed by atoms with Crippen LogP contribution in [0.15, 0.2) is 60.8 Å². The van der Waals surface area contributed by atoms with Crippen LogP contribution in [-0.4, -0.2) is 31.0 Å². The van der Waals surface area contributed by atoms with Gasteiger partial charge in [0.1, 0.15) is 0 Å². The van der Waals surface area contributed by atoms with E-state index in [-0.39, 0.29) is 6.03 Å². The highest BCUT2D eigenvalue weighted by molar-refractivity contribution is 6.02. The molecule has 0 aliphatic heterocycles. The second-order valence-electron chi connectivity index (χ2n) is 7.48. The molecule has 5 rings (SSSR count). The van der Waals surface area contributed by atoms with Crippen molar-refractivity contribution in [2.45, 2.75) is 6.92 Å². The van der Waals surface area contributed by atoms with Crippen LogP contribution >= 0.6 is 0 Å². The first-order valence-corrected chi connectivity index (χ1v) is 10.2. The lowest BCUT2D eigenvalue weighted by Gasteiger charge is -2.08. The van der Waals surface area contributed by atoms with Crippen LogP contribution in [0.25, 0.3) is 34.0 Å². The molecule has 2 aromatic carbocycles. The van der Waals surface area contributed by atoms with Crippen LogP contribution in [0, 0.1) is 6.92 Å². The van der Waals surface area contributed by atoms with Crippen LogP contribution in [0.4, 0.5) is 16.2 Å². The fourth-order valence-corrected chi connectivity index (χ4v) is 3.59. The Morgan fingerprint density at radius 1 is 1.00 bits per heavy atom. The number of aryl methyl sites for hydroxylation is 2. The molecule has 0 aliphatic rings. The van der Waals surface area contributed by atoms with Gasteiger partial charge in [0.15, 0.2) is 0 Å². The molecule has 32 heavy (non-hydrogen) atoms. The predicted molar refractivity (Wildman–Crippen MR) is 127 cm³/mol. The normalized spacial score (nSPS) is 11.4. The molecule has 8 nitrogen and oxygen atoms in total. The van der Waals surface area contributed by atoms with E-state index in [1.807, 2.05) is 85.4 Å². The largest absolute Gasteiger partial charge is 0.323 e. The summed E-state index contributed by atoms with van der Waals surface area (Å²) in [5, 5.41) is 19.6. The van der Waals surface area contributed by atoms with Crippen LogP contribution in [0.2, 0.25) is 0 Å². The molecular weight excluding hydrogens is 402 g/mol. The van der Waals surface area contributed by atoms with Crippen LogP contribution < -0.4 is 10.6 Å². The molecule has 0 saturated carbocycles. The van der Waals surface area contributed by atoms with E-state index < -0.39 is 0 Å². The Bertz CT molecular complexity index is 1460. The van der Waals surface area contributed by atoms with Gasteiger partial charge in [0.05, 0.1) is 22.4 Å². The van der Waals surface area contributed by atoms with Crippen molar-refractivity contribution in [2.24, 2.45) is 7.05 Å². The first-order valence-electron chi connectivity index (χ1n) is 10.2. The van der Waals surface area contributed by atoms with Crippen LogP contribution in [0.5, 0.6) is 0 Å². The van der Waals surface area contributed by atoms with Gasteiger partial charge < -0.3 is 10.6 Å². The lowest BCUT2D eigenvalue weighted by Crippen LogP contribution is -2.19. The Balaban J connectivity index is 1.30. The number of nitrogens with one attached hydrogen (secondary N) is 3. The maximum atomic E-state index is 12.5. The van der Waals surface area contributed by atoms with Gasteiger partial charge in [0.25, 0.3) is 0 Å². The Hall–Kier alpha value is -4.46. The first kappa shape index (κ1) is 19.5. The average Bonchev–Trinajstić information content (AvgIpc) is 3.32. The zero-order valence-electron chi connectivity index (χ0n) is 17.6. The molecule has 3 N–H and O–H groups in total. The first-order chi connectivity index (χ1) is 15.6. The van der Waals surface area contributed by atoms with Gasteiger partial charge >= 0.3 is 6.03 Å². The average molecular weight is 423 g/mol. The highest BCUT2D eigenvalue weighted by Crippen LogP contribution is 2.23. The maximum absolute atomic E-state index is 12.5. The number of carbonyl (C=O) groups excluding carboxylic acids is 1. The molecule has 0 unspecified atom stereocenters. The summed E-state index contributed by atoms with van der Waals surface area (Å²) in [4.78, 5) is 16.8. The number of pyridine rings is 1. The number of benzene rings is 2. The maximum Gasteiger partial charge on any atom is 0.323 e. The van der Waals surface area contributed by atoms with E-state index in [1.165, 1.54) is 0 Å². The third-order valence-corrected chi connectivity index (χ3v) is 5.34. The lowest BCUT2D eigenvalue weighted by atomic mass is 10.1. The van der Waals surface area contributed by atoms with Gasteiger partial charge in [-0.3, -0.25) is 14.8 Å². The van der Waals surface area contributed by atoms with Gasteiger partial charge in [0.2, 0.25) is 0 Å². The fourth-order valence-electron chi connectivity index (χ4n) is 3.59. The van der Waals surface area contributed by atoms with E-state index in [9.17, 15) is 4.79 Å². The highest BCUT2D eigenvalue weighted by atomic mass is 16.2. The van der Waals surface area contributed by atoms with Crippen molar-refractivity contribution >= 4 is 51.4 Å². The smallest absolute Gasteiger partial charge is 0.308 e. The van der Waals surface area contributed by atoms with E-state index in [2.05, 4.69) is 30.9 Å². The molecule has 3 heterocycles. The molecule has 0 atom stereocenters. The van der Waals surface area contributed by atoms with Crippen molar-refractivity contribution in [1.82, 2.24) is 25.0 Å². The molecule has 0 saturated heterocycles. The molecule has 0 radical (unpaired) electrons. The molecule has 5 aromatic rings. The molecule has 3 aromatic heterocycles. The monoisotopic (exact) mass is 423 g/mol.